The van der Waals surface area contributed by atoms with Gasteiger partial charge in [0.05, 0.1) is 28.4 Å². The molecule has 198 valence electrons. The van der Waals surface area contributed by atoms with Gasteiger partial charge in [-0.15, -0.1) is 0 Å². The van der Waals surface area contributed by atoms with Crippen molar-refractivity contribution in [2.24, 2.45) is 0 Å². The molecule has 2 fully saturated rings. The molecule has 2 aromatic carbocycles. The third-order valence-corrected chi connectivity index (χ3v) is 9.56. The minimum atomic E-state index is -3.64. The summed E-state index contributed by atoms with van der Waals surface area (Å²) in [6, 6.07) is 12.2. The van der Waals surface area contributed by atoms with E-state index in [0.717, 1.165) is 21.1 Å². The molecule has 0 saturated carbocycles. The van der Waals surface area contributed by atoms with Crippen LogP contribution in [0.5, 0.6) is 5.75 Å². The van der Waals surface area contributed by atoms with E-state index in [1.807, 2.05) is 43.9 Å². The summed E-state index contributed by atoms with van der Waals surface area (Å²) in [6.07, 6.45) is -0.319. The number of morpholine rings is 1. The topological polar surface area (TPSA) is 92.3 Å². The van der Waals surface area contributed by atoms with E-state index in [4.69, 9.17) is 14.5 Å². The minimum Gasteiger partial charge on any atom is -0.492 e. The Morgan fingerprint density at radius 2 is 1.73 bits per heavy atom. The van der Waals surface area contributed by atoms with E-state index in [9.17, 15) is 13.2 Å². The van der Waals surface area contributed by atoms with Crippen molar-refractivity contribution in [3.8, 4) is 5.75 Å². The van der Waals surface area contributed by atoms with Gasteiger partial charge in [0, 0.05) is 44.8 Å². The summed E-state index contributed by atoms with van der Waals surface area (Å²) in [5, 5.41) is 0.926. The van der Waals surface area contributed by atoms with E-state index in [-0.39, 0.29) is 23.0 Å². The normalized spacial score (nSPS) is 21.4. The minimum absolute atomic E-state index is 0.0971. The lowest BCUT2D eigenvalue weighted by Gasteiger charge is -2.35. The van der Waals surface area contributed by atoms with Crippen LogP contribution >= 0.6 is 11.3 Å². The first-order valence-corrected chi connectivity index (χ1v) is 14.8. The van der Waals surface area contributed by atoms with Crippen molar-refractivity contribution in [2.75, 3.05) is 50.8 Å². The molecule has 0 bridgehead atoms. The largest absolute Gasteiger partial charge is 0.492 e. The lowest BCUT2D eigenvalue weighted by atomic mass is 10.2. The molecule has 11 heteroatoms. The molecule has 5 rings (SSSR count). The molecule has 2 atom stereocenters. The Morgan fingerprint density at radius 3 is 2.38 bits per heavy atom. The maximum atomic E-state index is 13.2. The van der Waals surface area contributed by atoms with Crippen LogP contribution in [0, 0.1) is 0 Å². The highest BCUT2D eigenvalue weighted by Gasteiger charge is 2.32. The molecule has 0 radical (unpaired) electrons. The van der Waals surface area contributed by atoms with Gasteiger partial charge in [0.15, 0.2) is 5.13 Å². The van der Waals surface area contributed by atoms with E-state index in [1.165, 1.54) is 16.4 Å². The summed E-state index contributed by atoms with van der Waals surface area (Å²) in [5.41, 5.74) is 1.36. The molecular weight excluding hydrogens is 512 g/mol. The fourth-order valence-electron chi connectivity index (χ4n) is 4.85. The summed E-state index contributed by atoms with van der Waals surface area (Å²) >= 11 is 1.63. The zero-order chi connectivity index (χ0) is 26.2. The molecule has 1 amide bonds. The molecule has 0 spiro atoms. The number of ether oxygens (including phenoxy) is 2. The van der Waals surface area contributed by atoms with Crippen molar-refractivity contribution in [1.82, 2.24) is 14.2 Å². The number of carbonyl (C=O) groups excluding carboxylic acids is 1. The number of aromatic nitrogens is 1. The fraction of sp³-hybridized carbons (Fsp3) is 0.462. The number of amides is 1. The number of anilines is 1. The standard InChI is InChI=1S/C26H32N4O5S2/c1-4-34-22-6-5-7-23-24(22)27-26(36-23)29-14-12-28(13-15-29)25(31)20-8-10-21(11-9-20)37(32,33)30-16-18(2)35-19(3)17-30/h5-11,18-19H,4,12-17H2,1-3H3. The van der Waals surface area contributed by atoms with Crippen LogP contribution in [0.25, 0.3) is 10.2 Å². The highest BCUT2D eigenvalue weighted by atomic mass is 32.2. The Balaban J connectivity index is 1.23. The van der Waals surface area contributed by atoms with Crippen LogP contribution < -0.4 is 9.64 Å². The molecular formula is C26H32N4O5S2. The Morgan fingerprint density at radius 1 is 1.05 bits per heavy atom. The number of hydrogen-bond donors (Lipinski definition) is 0. The molecule has 1 aromatic heterocycles. The van der Waals surface area contributed by atoms with Gasteiger partial charge in [-0.25, -0.2) is 13.4 Å². The van der Waals surface area contributed by atoms with Gasteiger partial charge in [-0.3, -0.25) is 4.79 Å². The van der Waals surface area contributed by atoms with Gasteiger partial charge in [0.1, 0.15) is 11.3 Å². The molecule has 9 nitrogen and oxygen atoms in total. The number of thiazole rings is 1. The Labute approximate surface area is 221 Å². The van der Waals surface area contributed by atoms with Crippen molar-refractivity contribution >= 4 is 42.6 Å². The Bertz CT molecular complexity index is 1360. The first-order chi connectivity index (χ1) is 17.8. The Kier molecular flexibility index (Phi) is 7.39. The van der Waals surface area contributed by atoms with Crippen LogP contribution in [0.15, 0.2) is 47.4 Å². The monoisotopic (exact) mass is 544 g/mol. The number of hydrogen-bond acceptors (Lipinski definition) is 8. The molecule has 3 aromatic rings. The second-order valence-corrected chi connectivity index (χ2v) is 12.4. The average Bonchev–Trinajstić information content (AvgIpc) is 3.34. The Hall–Kier alpha value is -2.73. The van der Waals surface area contributed by atoms with E-state index in [0.29, 0.717) is 51.4 Å². The maximum Gasteiger partial charge on any atom is 0.253 e. The predicted molar refractivity (Wildman–Crippen MR) is 144 cm³/mol. The van der Waals surface area contributed by atoms with Gasteiger partial charge >= 0.3 is 0 Å². The van der Waals surface area contributed by atoms with E-state index < -0.39 is 10.0 Å². The maximum absolute atomic E-state index is 13.2. The van der Waals surface area contributed by atoms with Gasteiger partial charge < -0.3 is 19.3 Å². The van der Waals surface area contributed by atoms with Crippen LogP contribution in [-0.2, 0) is 14.8 Å². The molecule has 2 aliphatic rings. The molecule has 2 aliphatic heterocycles. The van der Waals surface area contributed by atoms with Crippen molar-refractivity contribution in [1.29, 1.82) is 0 Å². The number of piperazine rings is 1. The molecule has 37 heavy (non-hydrogen) atoms. The smallest absolute Gasteiger partial charge is 0.253 e. The number of rotatable bonds is 6. The zero-order valence-electron chi connectivity index (χ0n) is 21.3. The van der Waals surface area contributed by atoms with Crippen LogP contribution in [0.3, 0.4) is 0 Å². The van der Waals surface area contributed by atoms with Gasteiger partial charge in [0.2, 0.25) is 10.0 Å². The second-order valence-electron chi connectivity index (χ2n) is 9.42. The predicted octanol–water partition coefficient (Wildman–Crippen LogP) is 3.46. The van der Waals surface area contributed by atoms with Crippen molar-refractivity contribution in [3.63, 3.8) is 0 Å². The number of sulfonamides is 1. The number of benzene rings is 2. The summed E-state index contributed by atoms with van der Waals surface area (Å²) in [5.74, 6) is 0.694. The fourth-order valence-corrected chi connectivity index (χ4v) is 7.47. The highest BCUT2D eigenvalue weighted by Crippen LogP contribution is 2.34. The number of fused-ring (bicyclic) bond motifs is 1. The quantitative estimate of drug-likeness (QED) is 0.469. The summed E-state index contributed by atoms with van der Waals surface area (Å²) in [4.78, 5) is 22.2. The van der Waals surface area contributed by atoms with Crippen LogP contribution in [0.4, 0.5) is 5.13 Å². The number of nitrogens with zero attached hydrogens (tertiary/aromatic N) is 4. The first kappa shape index (κ1) is 25.9. The van der Waals surface area contributed by atoms with E-state index in [2.05, 4.69) is 4.90 Å². The average molecular weight is 545 g/mol. The van der Waals surface area contributed by atoms with Crippen molar-refractivity contribution in [2.45, 2.75) is 37.9 Å². The van der Waals surface area contributed by atoms with E-state index in [1.54, 1.807) is 23.5 Å². The summed E-state index contributed by atoms with van der Waals surface area (Å²) in [6.45, 7) is 9.41. The van der Waals surface area contributed by atoms with Gasteiger partial charge in [0.25, 0.3) is 5.91 Å². The van der Waals surface area contributed by atoms with Gasteiger partial charge in [-0.1, -0.05) is 17.4 Å². The SMILES string of the molecule is CCOc1cccc2sc(N3CCN(C(=O)c4ccc(S(=O)(=O)N5CC(C)OC(C)C5)cc4)CC3)nc12. The summed E-state index contributed by atoms with van der Waals surface area (Å²) < 4.78 is 40.1. The van der Waals surface area contributed by atoms with Crippen molar-refractivity contribution < 1.29 is 22.7 Å². The third kappa shape index (κ3) is 5.31. The summed E-state index contributed by atoms with van der Waals surface area (Å²) in [7, 11) is -3.64. The second kappa shape index (κ2) is 10.6. The van der Waals surface area contributed by atoms with E-state index >= 15 is 0 Å². The molecule has 0 N–H and O–H groups in total. The zero-order valence-corrected chi connectivity index (χ0v) is 22.9. The van der Waals surface area contributed by atoms with Crippen molar-refractivity contribution in [3.05, 3.63) is 48.0 Å². The highest BCUT2D eigenvalue weighted by molar-refractivity contribution is 7.89. The van der Waals surface area contributed by atoms with Gasteiger partial charge in [-0.05, 0) is 57.2 Å². The van der Waals surface area contributed by atoms with Crippen LogP contribution in [-0.4, -0.2) is 86.6 Å². The number of para-hydroxylation sites is 1. The molecule has 0 aliphatic carbocycles. The molecule has 2 saturated heterocycles. The lowest BCUT2D eigenvalue weighted by molar-refractivity contribution is -0.0440. The molecule has 3 heterocycles. The third-order valence-electron chi connectivity index (χ3n) is 6.63. The van der Waals surface area contributed by atoms with Gasteiger partial charge in [-0.2, -0.15) is 4.31 Å². The molecule has 2 unspecified atom stereocenters. The lowest BCUT2D eigenvalue weighted by Crippen LogP contribution is -2.48. The van der Waals surface area contributed by atoms with Crippen LogP contribution in [0.2, 0.25) is 0 Å². The van der Waals surface area contributed by atoms with Crippen LogP contribution in [0.1, 0.15) is 31.1 Å². The number of carbonyl (C=O) groups is 1. The first-order valence-electron chi connectivity index (χ1n) is 12.6.